The van der Waals surface area contributed by atoms with E-state index < -0.39 is 0 Å². The van der Waals surface area contributed by atoms with E-state index >= 15 is 0 Å². The molecule has 1 aromatic carbocycles. The lowest BCUT2D eigenvalue weighted by Gasteiger charge is -2.32. The topological polar surface area (TPSA) is 71.0 Å². The van der Waals surface area contributed by atoms with Crippen LogP contribution in [0.15, 0.2) is 41.3 Å². The van der Waals surface area contributed by atoms with Crippen LogP contribution in [0.2, 0.25) is 0 Å². The number of hydrogen-bond donors (Lipinski definition) is 1. The molecule has 1 N–H and O–H groups in total. The van der Waals surface area contributed by atoms with E-state index in [0.29, 0.717) is 12.5 Å². The number of aromatic amines is 1. The summed E-state index contributed by atoms with van der Waals surface area (Å²) >= 11 is 0. The van der Waals surface area contributed by atoms with E-state index in [9.17, 15) is 9.59 Å². The number of nitrogens with zero attached hydrogens (tertiary/aromatic N) is 3. The minimum Gasteiger partial charge on any atom is -0.360 e. The number of fused-ring (bicyclic) bond motifs is 2. The van der Waals surface area contributed by atoms with Crippen LogP contribution in [0.1, 0.15) is 47.3 Å². The van der Waals surface area contributed by atoms with Gasteiger partial charge in [-0.1, -0.05) is 18.2 Å². The van der Waals surface area contributed by atoms with Gasteiger partial charge in [-0.3, -0.25) is 9.59 Å². The Labute approximate surface area is 169 Å². The van der Waals surface area contributed by atoms with Gasteiger partial charge in [0.2, 0.25) is 0 Å². The molecule has 1 amide bonds. The van der Waals surface area contributed by atoms with Crippen LogP contribution in [0.5, 0.6) is 0 Å². The molecule has 29 heavy (non-hydrogen) atoms. The fraction of sp³-hybridized carbons (Fsp3) is 0.435. The molecule has 6 heteroatoms. The first kappa shape index (κ1) is 18.2. The van der Waals surface area contributed by atoms with Crippen molar-refractivity contribution in [1.82, 2.24) is 19.7 Å². The average Bonchev–Trinajstić information content (AvgIpc) is 3.18. The second-order valence-corrected chi connectivity index (χ2v) is 8.33. The van der Waals surface area contributed by atoms with Crippen LogP contribution in [0.4, 0.5) is 0 Å². The van der Waals surface area contributed by atoms with E-state index in [1.807, 2.05) is 35.4 Å². The minimum atomic E-state index is 0.0166. The van der Waals surface area contributed by atoms with E-state index in [1.165, 1.54) is 0 Å². The van der Waals surface area contributed by atoms with Crippen molar-refractivity contribution in [3.05, 3.63) is 63.7 Å². The number of carbonyl (C=O) groups is 1. The molecule has 1 aliphatic heterocycles. The van der Waals surface area contributed by atoms with E-state index in [0.717, 1.165) is 79.3 Å². The molecule has 3 aromatic rings. The highest BCUT2D eigenvalue weighted by Gasteiger charge is 2.26. The number of H-pyrrole nitrogens is 1. The van der Waals surface area contributed by atoms with E-state index in [-0.39, 0.29) is 11.5 Å². The van der Waals surface area contributed by atoms with Crippen LogP contribution in [-0.2, 0) is 19.4 Å². The lowest BCUT2D eigenvalue weighted by Crippen LogP contribution is -2.40. The molecule has 3 heterocycles. The zero-order valence-electron chi connectivity index (χ0n) is 16.6. The Morgan fingerprint density at radius 1 is 1.14 bits per heavy atom. The smallest absolute Gasteiger partial charge is 0.267 e. The lowest BCUT2D eigenvalue weighted by atomic mass is 9.95. The van der Waals surface area contributed by atoms with Crippen molar-refractivity contribution in [3.63, 3.8) is 0 Å². The highest BCUT2D eigenvalue weighted by Crippen LogP contribution is 2.24. The first-order valence-corrected chi connectivity index (χ1v) is 10.6. The van der Waals surface area contributed by atoms with Crippen molar-refractivity contribution >= 4 is 16.8 Å². The maximum absolute atomic E-state index is 13.0. The summed E-state index contributed by atoms with van der Waals surface area (Å²) in [5.74, 6) is 0.471. The van der Waals surface area contributed by atoms with Crippen LogP contribution < -0.4 is 5.56 Å². The van der Waals surface area contributed by atoms with Crippen molar-refractivity contribution in [2.24, 2.45) is 5.92 Å². The van der Waals surface area contributed by atoms with Crippen LogP contribution in [-0.4, -0.2) is 38.7 Å². The Morgan fingerprint density at radius 3 is 2.79 bits per heavy atom. The number of aryl methyl sites for hydroxylation is 2. The van der Waals surface area contributed by atoms with Crippen molar-refractivity contribution in [2.75, 3.05) is 13.1 Å². The summed E-state index contributed by atoms with van der Waals surface area (Å²) in [4.78, 5) is 30.6. The van der Waals surface area contributed by atoms with Gasteiger partial charge >= 0.3 is 0 Å². The molecule has 0 atom stereocenters. The zero-order chi connectivity index (χ0) is 19.8. The Hall–Kier alpha value is -2.89. The SMILES string of the molecule is O=C(c1c[nH]c2ccccc12)N1CCC(Cn2nc3c(cc2=O)CCCC3)CC1. The van der Waals surface area contributed by atoms with Crippen molar-refractivity contribution < 1.29 is 4.79 Å². The summed E-state index contributed by atoms with van der Waals surface area (Å²) in [6, 6.07) is 9.69. The molecular formula is C23H26N4O2. The normalized spacial score (nSPS) is 17.4. The van der Waals surface area contributed by atoms with Gasteiger partial charge in [0.1, 0.15) is 0 Å². The third-order valence-corrected chi connectivity index (χ3v) is 6.43. The number of rotatable bonds is 3. The van der Waals surface area contributed by atoms with E-state index in [1.54, 1.807) is 10.7 Å². The Bertz CT molecular complexity index is 1110. The fourth-order valence-corrected chi connectivity index (χ4v) is 4.71. The number of benzene rings is 1. The van der Waals surface area contributed by atoms with Gasteiger partial charge in [-0.2, -0.15) is 5.10 Å². The van der Waals surface area contributed by atoms with Gasteiger partial charge in [-0.15, -0.1) is 0 Å². The van der Waals surface area contributed by atoms with Crippen molar-refractivity contribution in [2.45, 2.75) is 45.1 Å². The van der Waals surface area contributed by atoms with E-state index in [2.05, 4.69) is 10.1 Å². The number of aromatic nitrogens is 3. The molecule has 0 unspecified atom stereocenters. The maximum Gasteiger partial charge on any atom is 0.267 e. The van der Waals surface area contributed by atoms with Gasteiger partial charge in [-0.05, 0) is 56.1 Å². The monoisotopic (exact) mass is 390 g/mol. The molecule has 5 rings (SSSR count). The molecule has 1 aliphatic carbocycles. The summed E-state index contributed by atoms with van der Waals surface area (Å²) in [6.07, 6.45) is 7.89. The van der Waals surface area contributed by atoms with Gasteiger partial charge in [0.15, 0.2) is 0 Å². The number of para-hydroxylation sites is 1. The fourth-order valence-electron chi connectivity index (χ4n) is 4.71. The number of nitrogens with one attached hydrogen (secondary N) is 1. The molecule has 2 aromatic heterocycles. The third kappa shape index (κ3) is 3.48. The van der Waals surface area contributed by atoms with Gasteiger partial charge in [0.25, 0.3) is 11.5 Å². The Kier molecular flexibility index (Phi) is 4.70. The Morgan fingerprint density at radius 2 is 1.93 bits per heavy atom. The van der Waals surface area contributed by atoms with Crippen LogP contribution in [0.25, 0.3) is 10.9 Å². The van der Waals surface area contributed by atoms with Gasteiger partial charge < -0.3 is 9.88 Å². The van der Waals surface area contributed by atoms with Crippen LogP contribution in [0.3, 0.4) is 0 Å². The molecule has 1 fully saturated rings. The molecule has 1 saturated heterocycles. The summed E-state index contributed by atoms with van der Waals surface area (Å²) in [5, 5.41) is 5.63. The van der Waals surface area contributed by atoms with Crippen LogP contribution >= 0.6 is 0 Å². The average molecular weight is 390 g/mol. The summed E-state index contributed by atoms with van der Waals surface area (Å²) < 4.78 is 1.66. The van der Waals surface area contributed by atoms with E-state index in [4.69, 9.17) is 0 Å². The highest BCUT2D eigenvalue weighted by molar-refractivity contribution is 6.06. The predicted octanol–water partition coefficient (Wildman–Crippen LogP) is 3.16. The number of piperidine rings is 1. The summed E-state index contributed by atoms with van der Waals surface area (Å²) in [6.45, 7) is 2.10. The highest BCUT2D eigenvalue weighted by atomic mass is 16.2. The Balaban J connectivity index is 1.25. The number of carbonyl (C=O) groups excluding carboxylic acids is 1. The molecule has 6 nitrogen and oxygen atoms in total. The molecule has 0 spiro atoms. The lowest BCUT2D eigenvalue weighted by molar-refractivity contribution is 0.0682. The summed E-state index contributed by atoms with van der Waals surface area (Å²) in [7, 11) is 0. The first-order chi connectivity index (χ1) is 14.2. The standard InChI is InChI=1S/C23H26N4O2/c28-22-13-17-5-1-3-7-20(17)25-27(22)15-16-9-11-26(12-10-16)23(29)19-14-24-21-8-4-2-6-18(19)21/h2,4,6,8,13-14,16,24H,1,3,5,7,9-12,15H2. The first-order valence-electron chi connectivity index (χ1n) is 10.6. The number of amides is 1. The van der Waals surface area contributed by atoms with Gasteiger partial charge in [0.05, 0.1) is 11.3 Å². The van der Waals surface area contributed by atoms with Gasteiger partial charge in [0, 0.05) is 42.8 Å². The number of hydrogen-bond acceptors (Lipinski definition) is 3. The van der Waals surface area contributed by atoms with Crippen LogP contribution in [0, 0.1) is 5.92 Å². The van der Waals surface area contributed by atoms with Crippen molar-refractivity contribution in [1.29, 1.82) is 0 Å². The predicted molar refractivity (Wildman–Crippen MR) is 112 cm³/mol. The molecule has 2 aliphatic rings. The largest absolute Gasteiger partial charge is 0.360 e. The minimum absolute atomic E-state index is 0.0166. The summed E-state index contributed by atoms with van der Waals surface area (Å²) in [5.41, 5.74) is 3.98. The third-order valence-electron chi connectivity index (χ3n) is 6.43. The maximum atomic E-state index is 13.0. The zero-order valence-corrected chi connectivity index (χ0v) is 16.6. The quantitative estimate of drug-likeness (QED) is 0.747. The second kappa shape index (κ2) is 7.50. The number of likely N-dealkylation sites (tertiary alicyclic amines) is 1. The molecule has 150 valence electrons. The van der Waals surface area contributed by atoms with Gasteiger partial charge in [-0.25, -0.2) is 4.68 Å². The second-order valence-electron chi connectivity index (χ2n) is 8.33. The molecule has 0 radical (unpaired) electrons. The molecule has 0 saturated carbocycles. The molecule has 0 bridgehead atoms. The molecular weight excluding hydrogens is 364 g/mol. The van der Waals surface area contributed by atoms with Crippen molar-refractivity contribution in [3.8, 4) is 0 Å².